The number of rotatable bonds is 4. The van der Waals surface area contributed by atoms with Gasteiger partial charge >= 0.3 is 5.97 Å². The highest BCUT2D eigenvalue weighted by Gasteiger charge is 2.21. The minimum atomic E-state index is -0.330. The molecule has 0 radical (unpaired) electrons. The van der Waals surface area contributed by atoms with Crippen LogP contribution in [0.3, 0.4) is 0 Å². The zero-order chi connectivity index (χ0) is 16.4. The maximum Gasteiger partial charge on any atom is 0.308 e. The molecule has 23 heavy (non-hydrogen) atoms. The summed E-state index contributed by atoms with van der Waals surface area (Å²) >= 11 is 0. The van der Waals surface area contributed by atoms with Crippen molar-refractivity contribution in [2.24, 2.45) is 0 Å². The van der Waals surface area contributed by atoms with E-state index in [1.807, 2.05) is 24.3 Å². The summed E-state index contributed by atoms with van der Waals surface area (Å²) in [5.41, 5.74) is 2.09. The lowest BCUT2D eigenvalue weighted by molar-refractivity contribution is -0.131. The van der Waals surface area contributed by atoms with Crippen LogP contribution in [-0.2, 0) is 4.79 Å². The number of benzene rings is 2. The summed E-state index contributed by atoms with van der Waals surface area (Å²) < 4.78 is 21.4. The van der Waals surface area contributed by atoms with Crippen LogP contribution in [0.5, 0.6) is 23.0 Å². The lowest BCUT2D eigenvalue weighted by atomic mass is 9.92. The fraction of sp³-hybridized carbons (Fsp3) is 0.278. The minimum absolute atomic E-state index is 0.0887. The second kappa shape index (κ2) is 6.20. The number of carbonyl (C=O) groups is 1. The molecule has 0 aliphatic carbocycles. The number of esters is 1. The fourth-order valence-electron chi connectivity index (χ4n) is 2.62. The van der Waals surface area contributed by atoms with Gasteiger partial charge in [0.05, 0.1) is 7.11 Å². The second-order valence-corrected chi connectivity index (χ2v) is 5.33. The summed E-state index contributed by atoms with van der Waals surface area (Å²) in [6.45, 7) is 3.70. The topological polar surface area (TPSA) is 54.0 Å². The summed E-state index contributed by atoms with van der Waals surface area (Å²) in [4.78, 5) is 11.0. The molecule has 0 saturated heterocycles. The van der Waals surface area contributed by atoms with E-state index in [-0.39, 0.29) is 18.7 Å². The van der Waals surface area contributed by atoms with Gasteiger partial charge in [0.1, 0.15) is 11.5 Å². The lowest BCUT2D eigenvalue weighted by Gasteiger charge is -2.17. The summed E-state index contributed by atoms with van der Waals surface area (Å²) in [5, 5.41) is 0. The summed E-state index contributed by atoms with van der Waals surface area (Å²) in [7, 11) is 1.64. The molecule has 5 nitrogen and oxygen atoms in total. The molecule has 0 unspecified atom stereocenters. The number of fused-ring (bicyclic) bond motifs is 1. The van der Waals surface area contributed by atoms with Crippen molar-refractivity contribution in [1.82, 2.24) is 0 Å². The zero-order valence-corrected chi connectivity index (χ0v) is 13.3. The first-order valence-electron chi connectivity index (χ1n) is 7.34. The second-order valence-electron chi connectivity index (χ2n) is 5.33. The Bertz CT molecular complexity index is 721. The highest BCUT2D eigenvalue weighted by atomic mass is 16.7. The maximum absolute atomic E-state index is 11.0. The molecular weight excluding hydrogens is 296 g/mol. The smallest absolute Gasteiger partial charge is 0.308 e. The van der Waals surface area contributed by atoms with Gasteiger partial charge in [0.2, 0.25) is 6.79 Å². The van der Waals surface area contributed by atoms with Gasteiger partial charge in [-0.1, -0.05) is 19.1 Å². The van der Waals surface area contributed by atoms with E-state index < -0.39 is 0 Å². The molecule has 1 aliphatic rings. The summed E-state index contributed by atoms with van der Waals surface area (Å²) in [6, 6.07) is 11.2. The molecule has 0 amide bonds. The average Bonchev–Trinajstić information content (AvgIpc) is 3.00. The van der Waals surface area contributed by atoms with Gasteiger partial charge in [-0.3, -0.25) is 4.79 Å². The molecule has 0 N–H and O–H groups in total. The van der Waals surface area contributed by atoms with Gasteiger partial charge < -0.3 is 18.9 Å². The first-order chi connectivity index (χ1) is 11.1. The normalized spacial score (nSPS) is 13.5. The molecule has 5 heteroatoms. The molecule has 0 spiro atoms. The first kappa shape index (κ1) is 15.2. The molecule has 0 fully saturated rings. The van der Waals surface area contributed by atoms with Crippen molar-refractivity contribution in [3.05, 3.63) is 47.5 Å². The quantitative estimate of drug-likeness (QED) is 0.638. The van der Waals surface area contributed by atoms with E-state index in [1.54, 1.807) is 19.2 Å². The third-order valence-corrected chi connectivity index (χ3v) is 3.83. The predicted octanol–water partition coefficient (Wildman–Crippen LogP) is 3.50. The molecule has 0 bridgehead atoms. The van der Waals surface area contributed by atoms with Crippen LogP contribution in [0.1, 0.15) is 30.9 Å². The molecule has 3 rings (SSSR count). The summed E-state index contributed by atoms with van der Waals surface area (Å²) in [6.07, 6.45) is 0. The van der Waals surface area contributed by atoms with Crippen molar-refractivity contribution in [2.45, 2.75) is 19.8 Å². The van der Waals surface area contributed by atoms with Gasteiger partial charge in [0, 0.05) is 24.5 Å². The first-order valence-corrected chi connectivity index (χ1v) is 7.34. The van der Waals surface area contributed by atoms with Crippen LogP contribution in [0.2, 0.25) is 0 Å². The van der Waals surface area contributed by atoms with Crippen LogP contribution >= 0.6 is 0 Å². The van der Waals surface area contributed by atoms with E-state index in [2.05, 4.69) is 6.92 Å². The Morgan fingerprint density at radius 1 is 1.13 bits per heavy atom. The van der Waals surface area contributed by atoms with Crippen molar-refractivity contribution < 1.29 is 23.7 Å². The van der Waals surface area contributed by atoms with Gasteiger partial charge in [-0.2, -0.15) is 0 Å². The number of carbonyl (C=O) groups excluding carboxylic acids is 1. The van der Waals surface area contributed by atoms with Crippen LogP contribution in [0, 0.1) is 0 Å². The molecule has 2 aromatic carbocycles. The fourth-order valence-corrected chi connectivity index (χ4v) is 2.62. The van der Waals surface area contributed by atoms with E-state index in [0.717, 1.165) is 22.6 Å². The van der Waals surface area contributed by atoms with Gasteiger partial charge in [-0.15, -0.1) is 0 Å². The monoisotopic (exact) mass is 314 g/mol. The van der Waals surface area contributed by atoms with Crippen molar-refractivity contribution in [3.8, 4) is 23.0 Å². The van der Waals surface area contributed by atoms with Gasteiger partial charge in [-0.25, -0.2) is 0 Å². The molecule has 1 atom stereocenters. The Balaban J connectivity index is 1.90. The zero-order valence-electron chi connectivity index (χ0n) is 13.3. The lowest BCUT2D eigenvalue weighted by Crippen LogP contribution is -2.02. The molecule has 0 aromatic heterocycles. The average molecular weight is 314 g/mol. The highest BCUT2D eigenvalue weighted by Crippen LogP contribution is 2.42. The van der Waals surface area contributed by atoms with Crippen LogP contribution in [0.25, 0.3) is 0 Å². The van der Waals surface area contributed by atoms with Crippen LogP contribution in [0.15, 0.2) is 36.4 Å². The Kier molecular flexibility index (Phi) is 4.10. The van der Waals surface area contributed by atoms with Crippen LogP contribution in [-0.4, -0.2) is 19.9 Å². The van der Waals surface area contributed by atoms with Gasteiger partial charge in [-0.05, 0) is 23.8 Å². The number of ether oxygens (including phenoxy) is 4. The third-order valence-electron chi connectivity index (χ3n) is 3.83. The molecule has 1 heterocycles. The Labute approximate surface area is 134 Å². The Morgan fingerprint density at radius 3 is 2.39 bits per heavy atom. The van der Waals surface area contributed by atoms with E-state index >= 15 is 0 Å². The third kappa shape index (κ3) is 3.08. The van der Waals surface area contributed by atoms with Crippen molar-refractivity contribution in [2.75, 3.05) is 13.9 Å². The maximum atomic E-state index is 11.0. The van der Waals surface area contributed by atoms with Gasteiger partial charge in [0.15, 0.2) is 11.5 Å². The summed E-state index contributed by atoms with van der Waals surface area (Å²) in [5.74, 6) is 2.47. The molecule has 1 aliphatic heterocycles. The molecular formula is C18H18O5. The van der Waals surface area contributed by atoms with E-state index in [0.29, 0.717) is 11.5 Å². The highest BCUT2D eigenvalue weighted by molar-refractivity contribution is 5.69. The largest absolute Gasteiger partial charge is 0.496 e. The molecule has 2 aromatic rings. The van der Waals surface area contributed by atoms with E-state index in [9.17, 15) is 4.79 Å². The minimum Gasteiger partial charge on any atom is -0.496 e. The number of methoxy groups -OCH3 is 1. The van der Waals surface area contributed by atoms with Crippen molar-refractivity contribution >= 4 is 5.97 Å². The predicted molar refractivity (Wildman–Crippen MR) is 84.4 cm³/mol. The van der Waals surface area contributed by atoms with Gasteiger partial charge in [0.25, 0.3) is 0 Å². The van der Waals surface area contributed by atoms with E-state index in [1.165, 1.54) is 6.92 Å². The standard InChI is InChI=1S/C18H18O5/c1-11(13-4-6-14(7-5-13)23-12(2)19)15-8-17-18(22-10-21-17)9-16(15)20-3/h4-9,11H,10H2,1-3H3/t11-/m1/s1. The molecule has 120 valence electrons. The Morgan fingerprint density at radius 2 is 1.78 bits per heavy atom. The number of hydrogen-bond acceptors (Lipinski definition) is 5. The number of hydrogen-bond donors (Lipinski definition) is 0. The van der Waals surface area contributed by atoms with Crippen LogP contribution < -0.4 is 18.9 Å². The van der Waals surface area contributed by atoms with E-state index in [4.69, 9.17) is 18.9 Å². The SMILES string of the molecule is COc1cc2c(cc1[C@H](C)c1ccc(OC(C)=O)cc1)OCO2. The van der Waals surface area contributed by atoms with Crippen molar-refractivity contribution in [3.63, 3.8) is 0 Å². The van der Waals surface area contributed by atoms with Crippen molar-refractivity contribution in [1.29, 1.82) is 0 Å². The molecule has 0 saturated carbocycles. The van der Waals surface area contributed by atoms with Crippen LogP contribution in [0.4, 0.5) is 0 Å². The Hall–Kier alpha value is -2.69.